The minimum absolute atomic E-state index is 0.0834. The van der Waals surface area contributed by atoms with Gasteiger partial charge in [-0.05, 0) is 56.2 Å². The zero-order chi connectivity index (χ0) is 23.8. The van der Waals surface area contributed by atoms with Gasteiger partial charge in [0.25, 0.3) is 11.8 Å². The Morgan fingerprint density at radius 2 is 1.88 bits per heavy atom. The quantitative estimate of drug-likeness (QED) is 0.294. The molecule has 7 nitrogen and oxygen atoms in total. The van der Waals surface area contributed by atoms with Crippen LogP contribution < -0.4 is 25.8 Å². The molecule has 0 aliphatic carbocycles. The molecule has 2 aromatic carbocycles. The summed E-state index contributed by atoms with van der Waals surface area (Å²) < 4.78 is 12.2. The molecule has 33 heavy (non-hydrogen) atoms. The number of anilines is 1. The fraction of sp³-hybridized carbons (Fsp3) is 0.231. The topological polar surface area (TPSA) is 103 Å². The summed E-state index contributed by atoms with van der Waals surface area (Å²) in [6.07, 6.45) is 8.40. The van der Waals surface area contributed by atoms with Crippen LogP contribution >= 0.6 is 0 Å². The fourth-order valence-corrected chi connectivity index (χ4v) is 3.37. The highest BCUT2D eigenvalue weighted by Crippen LogP contribution is 2.36. The first kappa shape index (κ1) is 23.7. The Bertz CT molecular complexity index is 1100. The molecule has 0 aromatic heterocycles. The number of dihydropyridines is 1. The molecule has 3 rings (SSSR count). The zero-order valence-corrected chi connectivity index (χ0v) is 19.1. The summed E-state index contributed by atoms with van der Waals surface area (Å²) >= 11 is 0. The average Bonchev–Trinajstić information content (AvgIpc) is 2.78. The maximum absolute atomic E-state index is 13.0. The number of carbonyl (C=O) groups excluding carboxylic acids is 2. The Kier molecular flexibility index (Phi) is 7.91. The molecule has 1 aliphatic rings. The monoisotopic (exact) mass is 447 g/mol. The van der Waals surface area contributed by atoms with E-state index in [9.17, 15) is 9.59 Å². The first-order chi connectivity index (χ1) is 15.9. The van der Waals surface area contributed by atoms with Crippen molar-refractivity contribution in [2.45, 2.75) is 39.7 Å². The minimum Gasteiger partial charge on any atom is -0.488 e. The molecule has 7 heteroatoms. The summed E-state index contributed by atoms with van der Waals surface area (Å²) in [5.41, 5.74) is 6.88. The number of para-hydroxylation sites is 1. The van der Waals surface area contributed by atoms with Crippen LogP contribution in [0.4, 0.5) is 5.69 Å². The summed E-state index contributed by atoms with van der Waals surface area (Å²) in [6, 6.07) is 12.9. The van der Waals surface area contributed by atoms with E-state index in [1.807, 2.05) is 44.2 Å². The van der Waals surface area contributed by atoms with Crippen LogP contribution in [0.1, 0.15) is 32.3 Å². The van der Waals surface area contributed by atoms with Crippen LogP contribution in [0.2, 0.25) is 0 Å². The van der Waals surface area contributed by atoms with Gasteiger partial charge < -0.3 is 25.8 Å². The molecule has 0 fully saturated rings. The number of rotatable bonds is 9. The van der Waals surface area contributed by atoms with E-state index in [4.69, 9.17) is 15.2 Å². The van der Waals surface area contributed by atoms with E-state index in [2.05, 4.69) is 17.6 Å². The van der Waals surface area contributed by atoms with Gasteiger partial charge in [0.05, 0.1) is 17.5 Å². The van der Waals surface area contributed by atoms with Gasteiger partial charge in [-0.25, -0.2) is 0 Å². The van der Waals surface area contributed by atoms with Crippen LogP contribution in [0.15, 0.2) is 78.2 Å². The second kappa shape index (κ2) is 11.0. The molecular weight excluding hydrogens is 418 g/mol. The summed E-state index contributed by atoms with van der Waals surface area (Å²) in [5, 5.41) is 5.67. The van der Waals surface area contributed by atoms with Crippen molar-refractivity contribution in [3.63, 3.8) is 0 Å². The molecule has 0 bridgehead atoms. The van der Waals surface area contributed by atoms with Gasteiger partial charge in [-0.2, -0.15) is 0 Å². The van der Waals surface area contributed by atoms with Crippen LogP contribution in [0.5, 0.6) is 17.2 Å². The predicted molar refractivity (Wildman–Crippen MR) is 129 cm³/mol. The molecule has 0 radical (unpaired) electrons. The van der Waals surface area contributed by atoms with Gasteiger partial charge in [0.2, 0.25) is 0 Å². The Hall–Kier alpha value is -4.00. The zero-order valence-electron chi connectivity index (χ0n) is 19.1. The summed E-state index contributed by atoms with van der Waals surface area (Å²) in [6.45, 7) is 5.91. The number of aryl methyl sites for hydroxylation is 1. The molecule has 1 unspecified atom stereocenters. The highest BCUT2D eigenvalue weighted by atomic mass is 16.5. The van der Waals surface area contributed by atoms with E-state index in [1.165, 1.54) is 0 Å². The van der Waals surface area contributed by atoms with Gasteiger partial charge in [0.1, 0.15) is 22.8 Å². The van der Waals surface area contributed by atoms with Gasteiger partial charge in [-0.3, -0.25) is 9.59 Å². The lowest BCUT2D eigenvalue weighted by atomic mass is 10.1. The Labute approximate surface area is 194 Å². The lowest BCUT2D eigenvalue weighted by Crippen LogP contribution is -2.30. The van der Waals surface area contributed by atoms with Crippen molar-refractivity contribution in [1.82, 2.24) is 5.32 Å². The van der Waals surface area contributed by atoms with Crippen LogP contribution in [0.3, 0.4) is 0 Å². The molecule has 4 N–H and O–H groups in total. The van der Waals surface area contributed by atoms with Crippen LogP contribution in [-0.4, -0.2) is 17.9 Å². The number of carbonyl (C=O) groups is 2. The van der Waals surface area contributed by atoms with Crippen LogP contribution in [-0.2, 0) is 9.59 Å². The molecule has 2 amide bonds. The van der Waals surface area contributed by atoms with Crippen molar-refractivity contribution in [2.24, 2.45) is 5.73 Å². The van der Waals surface area contributed by atoms with Crippen molar-refractivity contribution in [3.05, 3.63) is 83.7 Å². The maximum Gasteiger partial charge on any atom is 0.263 e. The van der Waals surface area contributed by atoms with E-state index in [0.29, 0.717) is 28.6 Å². The lowest BCUT2D eigenvalue weighted by molar-refractivity contribution is -0.119. The minimum atomic E-state index is -0.836. The van der Waals surface area contributed by atoms with Crippen LogP contribution in [0, 0.1) is 6.92 Å². The summed E-state index contributed by atoms with van der Waals surface area (Å²) in [5.74, 6) is 0.274. The number of primary amides is 1. The van der Waals surface area contributed by atoms with Crippen molar-refractivity contribution < 1.29 is 19.1 Å². The molecule has 1 heterocycles. The SMILES string of the molecule is CCCC(C)Oc1cc(Oc2ccccc2)c(C)cc1NC(=O)/C(C(N)=O)=C1\C=CC=CN1. The molecule has 1 aliphatic heterocycles. The third-order valence-corrected chi connectivity index (χ3v) is 4.97. The standard InChI is InChI=1S/C26H29N3O4/c1-4-10-18(3)32-23-16-22(33-19-11-6-5-7-12-19)17(2)15-21(23)29-26(31)24(25(27)30)20-13-8-9-14-28-20/h5-9,11-16,18,28H,4,10H2,1-3H3,(H2,27,30)(H,29,31)/b24-20+. The maximum atomic E-state index is 13.0. The van der Waals surface area contributed by atoms with Gasteiger partial charge in [0.15, 0.2) is 0 Å². The lowest BCUT2D eigenvalue weighted by Gasteiger charge is -2.20. The molecule has 2 aromatic rings. The molecule has 172 valence electrons. The smallest absolute Gasteiger partial charge is 0.263 e. The molecule has 0 spiro atoms. The molecule has 1 atom stereocenters. The number of hydrogen-bond donors (Lipinski definition) is 3. The number of benzene rings is 2. The average molecular weight is 448 g/mol. The Balaban J connectivity index is 1.95. The molecular formula is C26H29N3O4. The number of nitrogens with two attached hydrogens (primary N) is 1. The number of hydrogen-bond acceptors (Lipinski definition) is 5. The van der Waals surface area contributed by atoms with Gasteiger partial charge in [0, 0.05) is 12.3 Å². The Morgan fingerprint density at radius 1 is 1.12 bits per heavy atom. The van der Waals surface area contributed by atoms with Gasteiger partial charge >= 0.3 is 0 Å². The van der Waals surface area contributed by atoms with Crippen molar-refractivity contribution in [2.75, 3.05) is 5.32 Å². The van der Waals surface area contributed by atoms with E-state index in [1.54, 1.807) is 36.6 Å². The number of ether oxygens (including phenoxy) is 2. The van der Waals surface area contributed by atoms with E-state index in [0.717, 1.165) is 18.4 Å². The fourth-order valence-electron chi connectivity index (χ4n) is 3.37. The van der Waals surface area contributed by atoms with E-state index >= 15 is 0 Å². The summed E-state index contributed by atoms with van der Waals surface area (Å²) in [4.78, 5) is 25.1. The van der Waals surface area contributed by atoms with E-state index < -0.39 is 11.8 Å². The van der Waals surface area contributed by atoms with Gasteiger partial charge in [-0.1, -0.05) is 37.6 Å². The third kappa shape index (κ3) is 6.26. The third-order valence-electron chi connectivity index (χ3n) is 4.97. The first-order valence-corrected chi connectivity index (χ1v) is 10.9. The molecule has 0 saturated heterocycles. The van der Waals surface area contributed by atoms with Crippen LogP contribution in [0.25, 0.3) is 0 Å². The van der Waals surface area contributed by atoms with Crippen molar-refractivity contribution >= 4 is 17.5 Å². The highest BCUT2D eigenvalue weighted by molar-refractivity contribution is 6.23. The number of nitrogens with one attached hydrogen (secondary N) is 2. The van der Waals surface area contributed by atoms with E-state index in [-0.39, 0.29) is 11.7 Å². The Morgan fingerprint density at radius 3 is 2.52 bits per heavy atom. The molecule has 0 saturated carbocycles. The van der Waals surface area contributed by atoms with Gasteiger partial charge in [-0.15, -0.1) is 0 Å². The first-order valence-electron chi connectivity index (χ1n) is 10.9. The normalized spacial score (nSPS) is 14.8. The number of amides is 2. The highest BCUT2D eigenvalue weighted by Gasteiger charge is 2.23. The second-order valence-corrected chi connectivity index (χ2v) is 7.72. The number of allylic oxidation sites excluding steroid dienone is 3. The second-order valence-electron chi connectivity index (χ2n) is 7.72. The van der Waals surface area contributed by atoms with Crippen molar-refractivity contribution in [3.8, 4) is 17.2 Å². The van der Waals surface area contributed by atoms with Crippen molar-refractivity contribution in [1.29, 1.82) is 0 Å². The largest absolute Gasteiger partial charge is 0.488 e. The summed E-state index contributed by atoms with van der Waals surface area (Å²) in [7, 11) is 0. The predicted octanol–water partition coefficient (Wildman–Crippen LogP) is 4.71.